The van der Waals surface area contributed by atoms with Gasteiger partial charge in [0.15, 0.2) is 0 Å². The third kappa shape index (κ3) is 3.33. The summed E-state index contributed by atoms with van der Waals surface area (Å²) in [6.07, 6.45) is 11.6. The van der Waals surface area contributed by atoms with E-state index in [1.54, 1.807) is 7.11 Å². The van der Waals surface area contributed by atoms with Crippen LogP contribution in [0.25, 0.3) is 23.4 Å². The molecule has 0 radical (unpaired) electrons. The summed E-state index contributed by atoms with van der Waals surface area (Å²) in [5.41, 5.74) is 4.97. The molecule has 1 aliphatic rings. The molecule has 2 aromatic heterocycles. The van der Waals surface area contributed by atoms with Gasteiger partial charge in [-0.2, -0.15) is 0 Å². The van der Waals surface area contributed by atoms with Gasteiger partial charge in [-0.3, -0.25) is 4.98 Å². The normalized spacial score (nSPS) is 14.3. The second-order valence-electron chi connectivity index (χ2n) is 6.95. The van der Waals surface area contributed by atoms with Gasteiger partial charge in [0.25, 0.3) is 0 Å². The van der Waals surface area contributed by atoms with Crippen molar-refractivity contribution in [3.8, 4) is 17.0 Å². The van der Waals surface area contributed by atoms with Gasteiger partial charge < -0.3 is 9.30 Å². The highest BCUT2D eigenvalue weighted by atomic mass is 16.5. The van der Waals surface area contributed by atoms with Gasteiger partial charge in [-0.25, -0.2) is 0 Å². The molecule has 3 heteroatoms. The number of hydrogen-bond acceptors (Lipinski definition) is 2. The van der Waals surface area contributed by atoms with Crippen LogP contribution in [0.1, 0.15) is 26.3 Å². The average molecular weight is 358 g/mol. The Hall–Kier alpha value is -3.07. The summed E-state index contributed by atoms with van der Waals surface area (Å²) in [4.78, 5) is 4.27. The van der Waals surface area contributed by atoms with Crippen LogP contribution in [-0.4, -0.2) is 16.7 Å². The van der Waals surface area contributed by atoms with Crippen molar-refractivity contribution in [2.45, 2.75) is 19.3 Å². The number of hydrogen-bond donors (Lipinski definition) is 0. The number of benzene rings is 1. The first-order chi connectivity index (χ1) is 13.2. The lowest BCUT2D eigenvalue weighted by Gasteiger charge is -2.14. The number of nitrogens with zero attached hydrogens (tertiary/aromatic N) is 2. The molecule has 0 spiro atoms. The smallest absolute Gasteiger partial charge is 0.118 e. The maximum Gasteiger partial charge on any atom is 0.118 e. The Kier molecular flexibility index (Phi) is 4.68. The van der Waals surface area contributed by atoms with Crippen molar-refractivity contribution in [2.24, 2.45) is 7.05 Å². The molecule has 138 valence electrons. The van der Waals surface area contributed by atoms with E-state index in [0.29, 0.717) is 5.92 Å². The monoisotopic (exact) mass is 358 g/mol. The summed E-state index contributed by atoms with van der Waals surface area (Å²) in [7, 11) is 3.83. The van der Waals surface area contributed by atoms with Crippen LogP contribution in [0.3, 0.4) is 0 Å². The zero-order valence-corrected chi connectivity index (χ0v) is 16.0. The van der Waals surface area contributed by atoms with E-state index in [1.165, 1.54) is 27.4 Å². The highest BCUT2D eigenvalue weighted by Gasteiger charge is 2.13. The van der Waals surface area contributed by atoms with Gasteiger partial charge in [-0.05, 0) is 59.2 Å². The molecule has 0 fully saturated rings. The standard InChI is InChI=1S/C24H24N2O.H2/c1-17(18-9-11-22(27-3)12-10-18)19-6-4-7-20-15-24(26(2)23(20)14-19)21-8-5-13-25-16-21;/h5-17H,4H2,1-3H3;1H. The van der Waals surface area contributed by atoms with Gasteiger partial charge >= 0.3 is 0 Å². The van der Waals surface area contributed by atoms with E-state index in [9.17, 15) is 0 Å². The van der Waals surface area contributed by atoms with Crippen molar-refractivity contribution in [2.75, 3.05) is 7.11 Å². The molecule has 2 heterocycles. The van der Waals surface area contributed by atoms with E-state index < -0.39 is 0 Å². The number of rotatable bonds is 4. The lowest BCUT2D eigenvalue weighted by atomic mass is 9.92. The second-order valence-corrected chi connectivity index (χ2v) is 6.95. The van der Waals surface area contributed by atoms with E-state index in [2.05, 4.69) is 66.0 Å². The molecule has 3 nitrogen and oxygen atoms in total. The Balaban J connectivity index is 0.00000225. The van der Waals surface area contributed by atoms with E-state index >= 15 is 0 Å². The molecule has 3 aromatic rings. The molecule has 0 N–H and O–H groups in total. The highest BCUT2D eigenvalue weighted by Crippen LogP contribution is 2.27. The van der Waals surface area contributed by atoms with Gasteiger partial charge in [-0.15, -0.1) is 0 Å². The van der Waals surface area contributed by atoms with Crippen LogP contribution >= 0.6 is 0 Å². The van der Waals surface area contributed by atoms with Crippen molar-refractivity contribution >= 4 is 12.2 Å². The minimum absolute atomic E-state index is 0. The van der Waals surface area contributed by atoms with Gasteiger partial charge in [-0.1, -0.05) is 31.2 Å². The summed E-state index contributed by atoms with van der Waals surface area (Å²) in [6.45, 7) is 2.26. The summed E-state index contributed by atoms with van der Waals surface area (Å²) in [6, 6.07) is 14.7. The van der Waals surface area contributed by atoms with Crippen LogP contribution < -0.4 is 15.3 Å². The number of aromatic nitrogens is 2. The zero-order valence-electron chi connectivity index (χ0n) is 16.0. The number of ether oxygens (including phenoxy) is 1. The van der Waals surface area contributed by atoms with Gasteiger partial charge in [0, 0.05) is 37.7 Å². The predicted octanol–water partition coefficient (Wildman–Crippen LogP) is 4.04. The van der Waals surface area contributed by atoms with E-state index in [4.69, 9.17) is 4.74 Å². The van der Waals surface area contributed by atoms with Crippen LogP contribution in [0.5, 0.6) is 5.75 Å². The largest absolute Gasteiger partial charge is 0.497 e. The lowest BCUT2D eigenvalue weighted by Crippen LogP contribution is -2.27. The van der Waals surface area contributed by atoms with Crippen molar-refractivity contribution in [3.05, 3.63) is 82.6 Å². The molecule has 1 aromatic carbocycles. The summed E-state index contributed by atoms with van der Waals surface area (Å²) in [5, 5.41) is 2.53. The molecule has 0 bridgehead atoms. The van der Waals surface area contributed by atoms with Crippen molar-refractivity contribution in [1.29, 1.82) is 0 Å². The third-order valence-corrected chi connectivity index (χ3v) is 5.38. The molecule has 0 aliphatic heterocycles. The SMILES string of the molecule is COc1ccc(C(C)C2=CCC=c3cc(-c4cccnc4)n(C)c3=C2)cc1.[HH]. The molecule has 1 aliphatic carbocycles. The Labute approximate surface area is 161 Å². The molecule has 0 saturated carbocycles. The van der Waals surface area contributed by atoms with E-state index in [-0.39, 0.29) is 1.43 Å². The number of methoxy groups -OCH3 is 1. The van der Waals surface area contributed by atoms with Crippen LogP contribution in [-0.2, 0) is 7.05 Å². The van der Waals surface area contributed by atoms with E-state index in [0.717, 1.165) is 17.7 Å². The predicted molar refractivity (Wildman–Crippen MR) is 113 cm³/mol. The third-order valence-electron chi connectivity index (χ3n) is 5.38. The van der Waals surface area contributed by atoms with Crippen LogP contribution in [0, 0.1) is 0 Å². The van der Waals surface area contributed by atoms with Crippen molar-refractivity contribution in [1.82, 2.24) is 9.55 Å². The topological polar surface area (TPSA) is 27.1 Å². The Morgan fingerprint density at radius 3 is 2.67 bits per heavy atom. The molecule has 0 amide bonds. The summed E-state index contributed by atoms with van der Waals surface area (Å²) in [5.74, 6) is 1.22. The Bertz CT molecular complexity index is 1100. The number of pyridine rings is 1. The van der Waals surface area contributed by atoms with Crippen LogP contribution in [0.2, 0.25) is 0 Å². The van der Waals surface area contributed by atoms with Gasteiger partial charge in [0.2, 0.25) is 0 Å². The van der Waals surface area contributed by atoms with Crippen molar-refractivity contribution in [3.63, 3.8) is 0 Å². The Morgan fingerprint density at radius 2 is 1.96 bits per heavy atom. The van der Waals surface area contributed by atoms with Crippen LogP contribution in [0.4, 0.5) is 0 Å². The van der Waals surface area contributed by atoms with Gasteiger partial charge in [0.05, 0.1) is 12.8 Å². The second kappa shape index (κ2) is 7.28. The fourth-order valence-electron chi connectivity index (χ4n) is 3.70. The molecule has 4 rings (SSSR count). The quantitative estimate of drug-likeness (QED) is 0.704. The Morgan fingerprint density at radius 1 is 1.15 bits per heavy atom. The molecule has 27 heavy (non-hydrogen) atoms. The summed E-state index contributed by atoms with van der Waals surface area (Å²) >= 11 is 0. The maximum absolute atomic E-state index is 5.29. The molecule has 1 atom stereocenters. The molecule has 1 unspecified atom stereocenters. The van der Waals surface area contributed by atoms with Crippen molar-refractivity contribution < 1.29 is 6.16 Å². The number of fused-ring (bicyclic) bond motifs is 1. The van der Waals surface area contributed by atoms with E-state index in [1.807, 2.05) is 30.6 Å². The number of allylic oxidation sites excluding steroid dienone is 2. The fraction of sp³-hybridized carbons (Fsp3) is 0.208. The average Bonchev–Trinajstić information content (AvgIpc) is 2.90. The zero-order chi connectivity index (χ0) is 18.8. The van der Waals surface area contributed by atoms with Crippen LogP contribution in [0.15, 0.2) is 66.5 Å². The highest BCUT2D eigenvalue weighted by molar-refractivity contribution is 5.63. The lowest BCUT2D eigenvalue weighted by molar-refractivity contribution is 0.414. The molecule has 0 saturated heterocycles. The first-order valence-corrected chi connectivity index (χ1v) is 9.29. The first-order valence-electron chi connectivity index (χ1n) is 9.29. The summed E-state index contributed by atoms with van der Waals surface area (Å²) < 4.78 is 7.55. The molecular formula is C24H26N2O. The minimum atomic E-state index is 0. The fourth-order valence-corrected chi connectivity index (χ4v) is 3.70. The maximum atomic E-state index is 5.29. The molecular weight excluding hydrogens is 332 g/mol. The first kappa shape index (κ1) is 17.3. The minimum Gasteiger partial charge on any atom is -0.497 e. The van der Waals surface area contributed by atoms with Gasteiger partial charge in [0.1, 0.15) is 5.75 Å².